The molecule has 14 heavy (non-hydrogen) atoms. The van der Waals surface area contributed by atoms with E-state index in [2.05, 4.69) is 10.2 Å². The molecule has 3 aliphatic rings. The SMILES string of the molecule is C1CC(N(C2CC2)C2CC2)CCN1.Cl. The van der Waals surface area contributed by atoms with Crippen LogP contribution in [-0.4, -0.2) is 36.1 Å². The summed E-state index contributed by atoms with van der Waals surface area (Å²) >= 11 is 0. The number of halogens is 1. The van der Waals surface area contributed by atoms with Crippen molar-refractivity contribution in [2.45, 2.75) is 56.7 Å². The van der Waals surface area contributed by atoms with Crippen LogP contribution in [0.2, 0.25) is 0 Å². The lowest BCUT2D eigenvalue weighted by molar-refractivity contribution is 0.144. The van der Waals surface area contributed by atoms with E-state index < -0.39 is 0 Å². The van der Waals surface area contributed by atoms with Crippen molar-refractivity contribution < 1.29 is 0 Å². The molecule has 0 aromatic heterocycles. The van der Waals surface area contributed by atoms with Crippen LogP contribution in [0.1, 0.15) is 38.5 Å². The van der Waals surface area contributed by atoms with E-state index in [1.165, 1.54) is 51.6 Å². The normalized spacial score (nSPS) is 28.9. The molecule has 1 N–H and O–H groups in total. The summed E-state index contributed by atoms with van der Waals surface area (Å²) in [5.74, 6) is 0. The molecule has 2 aliphatic carbocycles. The van der Waals surface area contributed by atoms with Gasteiger partial charge in [0.05, 0.1) is 0 Å². The second-order valence-corrected chi connectivity index (χ2v) is 4.89. The molecule has 1 aliphatic heterocycles. The van der Waals surface area contributed by atoms with E-state index in [-0.39, 0.29) is 12.4 Å². The van der Waals surface area contributed by atoms with Gasteiger partial charge in [-0.15, -0.1) is 12.4 Å². The lowest BCUT2D eigenvalue weighted by Gasteiger charge is -2.35. The van der Waals surface area contributed by atoms with E-state index in [9.17, 15) is 0 Å². The number of nitrogens with one attached hydrogen (secondary N) is 1. The Labute approximate surface area is 92.8 Å². The topological polar surface area (TPSA) is 15.3 Å². The highest BCUT2D eigenvalue weighted by molar-refractivity contribution is 5.85. The van der Waals surface area contributed by atoms with Crippen molar-refractivity contribution in [3.63, 3.8) is 0 Å². The summed E-state index contributed by atoms with van der Waals surface area (Å²) in [6.07, 6.45) is 8.74. The first-order valence-corrected chi connectivity index (χ1v) is 5.93. The molecule has 0 radical (unpaired) electrons. The highest BCUT2D eigenvalue weighted by Gasteiger charge is 2.42. The van der Waals surface area contributed by atoms with Crippen molar-refractivity contribution in [1.82, 2.24) is 10.2 Å². The van der Waals surface area contributed by atoms with Gasteiger partial charge in [-0.2, -0.15) is 0 Å². The summed E-state index contributed by atoms with van der Waals surface area (Å²) in [5, 5.41) is 3.46. The Hall–Kier alpha value is 0.210. The zero-order valence-corrected chi connectivity index (χ0v) is 9.56. The van der Waals surface area contributed by atoms with Crippen LogP contribution >= 0.6 is 12.4 Å². The number of rotatable bonds is 3. The largest absolute Gasteiger partial charge is 0.317 e. The molecule has 0 bridgehead atoms. The molecule has 2 nitrogen and oxygen atoms in total. The molecule has 0 amide bonds. The van der Waals surface area contributed by atoms with Crippen LogP contribution in [0.5, 0.6) is 0 Å². The van der Waals surface area contributed by atoms with Crippen molar-refractivity contribution in [3.8, 4) is 0 Å². The van der Waals surface area contributed by atoms with Gasteiger partial charge in [0.15, 0.2) is 0 Å². The molecule has 3 heteroatoms. The highest BCUT2D eigenvalue weighted by Crippen LogP contribution is 2.40. The van der Waals surface area contributed by atoms with Crippen LogP contribution in [0.15, 0.2) is 0 Å². The van der Waals surface area contributed by atoms with Crippen LogP contribution < -0.4 is 5.32 Å². The molecule has 1 heterocycles. The predicted octanol–water partition coefficient (Wildman–Crippen LogP) is 1.79. The average molecular weight is 217 g/mol. The van der Waals surface area contributed by atoms with Gasteiger partial charge < -0.3 is 5.32 Å². The maximum atomic E-state index is 3.46. The molecular formula is C11H21ClN2. The summed E-state index contributed by atoms with van der Waals surface area (Å²) in [5.41, 5.74) is 0. The predicted molar refractivity (Wildman–Crippen MR) is 61.0 cm³/mol. The molecule has 1 saturated heterocycles. The lowest BCUT2D eigenvalue weighted by atomic mass is 10.0. The van der Waals surface area contributed by atoms with E-state index in [4.69, 9.17) is 0 Å². The molecule has 0 unspecified atom stereocenters. The van der Waals surface area contributed by atoms with E-state index in [0.29, 0.717) is 0 Å². The van der Waals surface area contributed by atoms with Gasteiger partial charge in [0.2, 0.25) is 0 Å². The molecule has 0 aromatic carbocycles. The van der Waals surface area contributed by atoms with Crippen molar-refractivity contribution >= 4 is 12.4 Å². The van der Waals surface area contributed by atoms with Gasteiger partial charge in [0.1, 0.15) is 0 Å². The van der Waals surface area contributed by atoms with Crippen molar-refractivity contribution in [2.24, 2.45) is 0 Å². The first kappa shape index (κ1) is 10.7. The summed E-state index contributed by atoms with van der Waals surface area (Å²) < 4.78 is 0. The molecule has 0 atom stereocenters. The smallest absolute Gasteiger partial charge is 0.0125 e. The molecule has 0 aromatic rings. The Bertz CT molecular complexity index is 172. The molecule has 0 spiro atoms. The van der Waals surface area contributed by atoms with Crippen LogP contribution in [0.4, 0.5) is 0 Å². The highest BCUT2D eigenvalue weighted by atomic mass is 35.5. The van der Waals surface area contributed by atoms with Gasteiger partial charge >= 0.3 is 0 Å². The molecule has 3 rings (SSSR count). The minimum Gasteiger partial charge on any atom is -0.317 e. The Morgan fingerprint density at radius 3 is 1.57 bits per heavy atom. The Morgan fingerprint density at radius 1 is 0.714 bits per heavy atom. The Kier molecular flexibility index (Phi) is 3.35. The summed E-state index contributed by atoms with van der Waals surface area (Å²) in [7, 11) is 0. The summed E-state index contributed by atoms with van der Waals surface area (Å²) in [4.78, 5) is 2.88. The molecule has 3 fully saturated rings. The summed E-state index contributed by atoms with van der Waals surface area (Å²) in [6.45, 7) is 2.50. The first-order valence-electron chi connectivity index (χ1n) is 5.93. The fourth-order valence-corrected chi connectivity index (χ4v) is 2.74. The van der Waals surface area contributed by atoms with E-state index in [1.807, 2.05) is 0 Å². The van der Waals surface area contributed by atoms with Gasteiger partial charge in [-0.25, -0.2) is 0 Å². The van der Waals surface area contributed by atoms with Crippen LogP contribution in [0.25, 0.3) is 0 Å². The first-order chi connectivity index (χ1) is 6.45. The second kappa shape index (κ2) is 4.38. The molecule has 82 valence electrons. The van der Waals surface area contributed by atoms with Crippen LogP contribution in [-0.2, 0) is 0 Å². The van der Waals surface area contributed by atoms with Crippen LogP contribution in [0, 0.1) is 0 Å². The number of hydrogen-bond donors (Lipinski definition) is 1. The third-order valence-electron chi connectivity index (χ3n) is 3.67. The third kappa shape index (κ3) is 2.23. The van der Waals surface area contributed by atoms with Gasteiger partial charge in [-0.05, 0) is 51.6 Å². The van der Waals surface area contributed by atoms with Gasteiger partial charge in [0, 0.05) is 18.1 Å². The monoisotopic (exact) mass is 216 g/mol. The fraction of sp³-hybridized carbons (Fsp3) is 1.00. The lowest BCUT2D eigenvalue weighted by Crippen LogP contribution is -2.45. The standard InChI is InChI=1S/C11H20N2.ClH/c1-2-9(1)13(10-3-4-10)11-5-7-12-8-6-11;/h9-12H,1-8H2;1H. The quantitative estimate of drug-likeness (QED) is 0.774. The zero-order chi connectivity index (χ0) is 8.67. The second-order valence-electron chi connectivity index (χ2n) is 4.89. The number of hydrogen-bond acceptors (Lipinski definition) is 2. The fourth-order valence-electron chi connectivity index (χ4n) is 2.74. The van der Waals surface area contributed by atoms with E-state index >= 15 is 0 Å². The van der Waals surface area contributed by atoms with E-state index in [1.54, 1.807) is 0 Å². The van der Waals surface area contributed by atoms with Gasteiger partial charge in [-0.3, -0.25) is 4.90 Å². The van der Waals surface area contributed by atoms with Crippen molar-refractivity contribution in [3.05, 3.63) is 0 Å². The molecule has 2 saturated carbocycles. The Morgan fingerprint density at radius 2 is 1.14 bits per heavy atom. The van der Waals surface area contributed by atoms with E-state index in [0.717, 1.165) is 18.1 Å². The molecular weight excluding hydrogens is 196 g/mol. The minimum atomic E-state index is 0. The van der Waals surface area contributed by atoms with Crippen LogP contribution in [0.3, 0.4) is 0 Å². The van der Waals surface area contributed by atoms with Crippen molar-refractivity contribution in [1.29, 1.82) is 0 Å². The third-order valence-corrected chi connectivity index (χ3v) is 3.67. The summed E-state index contributed by atoms with van der Waals surface area (Å²) in [6, 6.07) is 2.92. The Balaban J connectivity index is 0.000000750. The minimum absolute atomic E-state index is 0. The maximum absolute atomic E-state index is 3.46. The van der Waals surface area contributed by atoms with Crippen molar-refractivity contribution in [2.75, 3.05) is 13.1 Å². The number of nitrogens with zero attached hydrogens (tertiary/aromatic N) is 1. The average Bonchev–Trinajstić information content (AvgIpc) is 3.00. The zero-order valence-electron chi connectivity index (χ0n) is 8.74. The van der Waals surface area contributed by atoms with Gasteiger partial charge in [-0.1, -0.05) is 0 Å². The maximum Gasteiger partial charge on any atom is 0.0125 e. The van der Waals surface area contributed by atoms with Gasteiger partial charge in [0.25, 0.3) is 0 Å². The number of piperidine rings is 1.